The molecule has 0 bridgehead atoms. The maximum atomic E-state index is 14.9. The molecular formula is C23H25F3N4O3S. The van der Waals surface area contributed by atoms with Crippen molar-refractivity contribution >= 4 is 38.4 Å². The molecule has 0 unspecified atom stereocenters. The molecule has 0 aliphatic carbocycles. The number of carbonyl (C=O) groups excluding carboxylic acids is 1. The molecule has 1 fully saturated rings. The van der Waals surface area contributed by atoms with E-state index in [9.17, 15) is 18.0 Å². The first-order valence-corrected chi connectivity index (χ1v) is 11.7. The highest BCUT2D eigenvalue weighted by molar-refractivity contribution is 7.22. The highest BCUT2D eigenvalue weighted by Crippen LogP contribution is 2.32. The minimum atomic E-state index is -0.995. The second kappa shape index (κ2) is 10.1. The molecule has 2 amide bonds. The minimum Gasteiger partial charge on any atom is -0.496 e. The maximum absolute atomic E-state index is 14.9. The highest BCUT2D eigenvalue weighted by atomic mass is 32.1. The molecule has 1 aromatic heterocycles. The number of aryl methyl sites for hydroxylation is 1. The molecule has 0 saturated carbocycles. The van der Waals surface area contributed by atoms with E-state index in [1.54, 1.807) is 11.0 Å². The van der Waals surface area contributed by atoms with Gasteiger partial charge in [0.15, 0.2) is 16.8 Å². The Kier molecular flexibility index (Phi) is 7.13. The van der Waals surface area contributed by atoms with E-state index in [0.717, 1.165) is 23.5 Å². The Morgan fingerprint density at radius 3 is 2.68 bits per heavy atom. The van der Waals surface area contributed by atoms with E-state index in [4.69, 9.17) is 9.84 Å². The molecule has 34 heavy (non-hydrogen) atoms. The number of anilines is 2. The van der Waals surface area contributed by atoms with Gasteiger partial charge in [0.2, 0.25) is 0 Å². The van der Waals surface area contributed by atoms with Gasteiger partial charge in [-0.3, -0.25) is 5.32 Å². The Morgan fingerprint density at radius 1 is 1.21 bits per heavy atom. The van der Waals surface area contributed by atoms with Crippen LogP contribution in [0.2, 0.25) is 0 Å². The zero-order chi connectivity index (χ0) is 24.4. The number of hydrogen-bond donors (Lipinski definition) is 2. The minimum absolute atomic E-state index is 0.0128. The third-order valence-corrected chi connectivity index (χ3v) is 6.76. The van der Waals surface area contributed by atoms with Crippen LogP contribution in [0.5, 0.6) is 5.75 Å². The molecule has 7 nitrogen and oxygen atoms in total. The van der Waals surface area contributed by atoms with Gasteiger partial charge >= 0.3 is 6.03 Å². The summed E-state index contributed by atoms with van der Waals surface area (Å²) in [5.74, 6) is -1.79. The van der Waals surface area contributed by atoms with Gasteiger partial charge in [-0.25, -0.2) is 22.9 Å². The number of methoxy groups -OCH3 is 1. The molecule has 3 aromatic rings. The Hall–Kier alpha value is -3.05. The van der Waals surface area contributed by atoms with E-state index in [1.165, 1.54) is 13.2 Å². The molecule has 2 aromatic carbocycles. The molecule has 182 valence electrons. The van der Waals surface area contributed by atoms with Crippen molar-refractivity contribution in [1.82, 2.24) is 9.88 Å². The van der Waals surface area contributed by atoms with Crippen molar-refractivity contribution < 1.29 is 27.8 Å². The Labute approximate surface area is 198 Å². The lowest BCUT2D eigenvalue weighted by Crippen LogP contribution is -2.55. The summed E-state index contributed by atoms with van der Waals surface area (Å²) in [5, 5.41) is 12.0. The van der Waals surface area contributed by atoms with Gasteiger partial charge in [0, 0.05) is 44.4 Å². The van der Waals surface area contributed by atoms with Gasteiger partial charge in [0.05, 0.1) is 23.0 Å². The van der Waals surface area contributed by atoms with Gasteiger partial charge in [-0.05, 0) is 37.5 Å². The van der Waals surface area contributed by atoms with Crippen LogP contribution >= 0.6 is 11.3 Å². The number of ether oxygens (including phenoxy) is 1. The van der Waals surface area contributed by atoms with Crippen molar-refractivity contribution in [3.8, 4) is 5.75 Å². The van der Waals surface area contributed by atoms with Crippen LogP contribution in [-0.4, -0.2) is 60.4 Å². The fraction of sp³-hybridized carbons (Fsp3) is 0.391. The molecule has 1 aliphatic heterocycles. The first-order valence-electron chi connectivity index (χ1n) is 10.9. The van der Waals surface area contributed by atoms with Crippen LogP contribution in [0.1, 0.15) is 18.9 Å². The van der Waals surface area contributed by atoms with Crippen molar-refractivity contribution in [3.05, 3.63) is 47.3 Å². The summed E-state index contributed by atoms with van der Waals surface area (Å²) in [4.78, 5) is 20.5. The van der Waals surface area contributed by atoms with Gasteiger partial charge < -0.3 is 19.6 Å². The van der Waals surface area contributed by atoms with Crippen LogP contribution in [0.3, 0.4) is 0 Å². The summed E-state index contributed by atoms with van der Waals surface area (Å²) in [5.41, 5.74) is 1.36. The van der Waals surface area contributed by atoms with Crippen molar-refractivity contribution in [2.24, 2.45) is 0 Å². The zero-order valence-electron chi connectivity index (χ0n) is 18.8. The Bertz CT molecular complexity index is 1170. The number of benzene rings is 2. The topological polar surface area (TPSA) is 77.9 Å². The SMILES string of the molecule is COc1cc(N2CCN(C(=O)Nc3nc4cc(F)c(F)cc4s3)[C@@H](C)C2)c(F)cc1CCCO. The van der Waals surface area contributed by atoms with Crippen molar-refractivity contribution in [1.29, 1.82) is 0 Å². The predicted octanol–water partition coefficient (Wildman–Crippen LogP) is 4.39. The van der Waals surface area contributed by atoms with Crippen LogP contribution in [0.4, 0.5) is 28.8 Å². The largest absolute Gasteiger partial charge is 0.496 e. The van der Waals surface area contributed by atoms with Gasteiger partial charge in [-0.2, -0.15) is 0 Å². The predicted molar refractivity (Wildman–Crippen MR) is 125 cm³/mol. The molecule has 1 aliphatic rings. The van der Waals surface area contributed by atoms with E-state index in [1.807, 2.05) is 11.8 Å². The normalized spacial score (nSPS) is 16.2. The molecule has 1 saturated heterocycles. The summed E-state index contributed by atoms with van der Waals surface area (Å²) >= 11 is 1.06. The van der Waals surface area contributed by atoms with Crippen LogP contribution in [-0.2, 0) is 6.42 Å². The second-order valence-electron chi connectivity index (χ2n) is 8.11. The summed E-state index contributed by atoms with van der Waals surface area (Å²) in [7, 11) is 1.52. The average Bonchev–Trinajstić information content (AvgIpc) is 3.18. The summed E-state index contributed by atoms with van der Waals surface area (Å²) in [6.07, 6.45) is 1.02. The molecule has 4 rings (SSSR count). The van der Waals surface area contributed by atoms with E-state index < -0.39 is 11.6 Å². The molecule has 11 heteroatoms. The number of aromatic nitrogens is 1. The summed E-state index contributed by atoms with van der Waals surface area (Å²) < 4.78 is 47.6. The highest BCUT2D eigenvalue weighted by Gasteiger charge is 2.30. The number of nitrogens with one attached hydrogen (secondary N) is 1. The number of aliphatic hydroxyl groups is 1. The van der Waals surface area contributed by atoms with Gasteiger partial charge in [0.1, 0.15) is 11.6 Å². The number of fused-ring (bicyclic) bond motifs is 1. The molecular weight excluding hydrogens is 469 g/mol. The first-order chi connectivity index (χ1) is 16.3. The smallest absolute Gasteiger partial charge is 0.324 e. The van der Waals surface area contributed by atoms with Crippen LogP contribution in [0, 0.1) is 17.5 Å². The lowest BCUT2D eigenvalue weighted by Gasteiger charge is -2.40. The molecule has 2 heterocycles. The quantitative estimate of drug-likeness (QED) is 0.532. The van der Waals surface area contributed by atoms with Gasteiger partial charge in [0.25, 0.3) is 0 Å². The number of thiazole rings is 1. The number of piperazine rings is 1. The maximum Gasteiger partial charge on any atom is 0.324 e. The summed E-state index contributed by atoms with van der Waals surface area (Å²) in [6.45, 7) is 3.03. The molecule has 1 atom stereocenters. The van der Waals surface area contributed by atoms with E-state index >= 15 is 0 Å². The van der Waals surface area contributed by atoms with Gasteiger partial charge in [-0.15, -0.1) is 0 Å². The van der Waals surface area contributed by atoms with Crippen molar-refractivity contribution in [3.63, 3.8) is 0 Å². The molecule has 0 radical (unpaired) electrons. The van der Waals surface area contributed by atoms with Crippen LogP contribution in [0.25, 0.3) is 10.2 Å². The van der Waals surface area contributed by atoms with E-state index in [0.29, 0.717) is 54.2 Å². The third-order valence-electron chi connectivity index (χ3n) is 5.83. The number of halogens is 3. The van der Waals surface area contributed by atoms with E-state index in [-0.39, 0.29) is 35.1 Å². The lowest BCUT2D eigenvalue weighted by molar-refractivity contribution is 0.184. The number of hydrogen-bond acceptors (Lipinski definition) is 6. The monoisotopic (exact) mass is 494 g/mol. The van der Waals surface area contributed by atoms with Gasteiger partial charge in [-0.1, -0.05) is 11.3 Å². The van der Waals surface area contributed by atoms with Crippen LogP contribution in [0.15, 0.2) is 24.3 Å². The number of amides is 2. The number of rotatable bonds is 6. The number of carbonyl (C=O) groups is 1. The average molecular weight is 495 g/mol. The fourth-order valence-corrected chi connectivity index (χ4v) is 4.96. The number of aliphatic hydroxyl groups excluding tert-OH is 1. The van der Waals surface area contributed by atoms with Crippen LogP contribution < -0.4 is 15.0 Å². The Balaban J connectivity index is 1.44. The van der Waals surface area contributed by atoms with Crippen molar-refractivity contribution in [2.45, 2.75) is 25.8 Å². The van der Waals surface area contributed by atoms with E-state index in [2.05, 4.69) is 10.3 Å². The van der Waals surface area contributed by atoms with Crippen molar-refractivity contribution in [2.75, 3.05) is 43.6 Å². The third kappa shape index (κ3) is 4.90. The molecule has 0 spiro atoms. The standard InChI is InChI=1S/C23H25F3N4O3S/c1-13-12-29(19-11-20(33-2)14(4-3-7-31)8-17(19)26)5-6-30(13)23(32)28-22-27-18-9-15(24)16(25)10-21(18)34-22/h8-11,13,31H,3-7,12H2,1-2H3,(H,27,28,32)/t13-/m0/s1. The second-order valence-corrected chi connectivity index (χ2v) is 9.14. The lowest BCUT2D eigenvalue weighted by atomic mass is 10.1. The number of urea groups is 1. The molecule has 2 N–H and O–H groups in total. The first kappa shape index (κ1) is 24.1. The Morgan fingerprint density at radius 2 is 1.97 bits per heavy atom. The number of nitrogens with zero attached hydrogens (tertiary/aromatic N) is 3. The fourth-order valence-electron chi connectivity index (χ4n) is 4.10. The zero-order valence-corrected chi connectivity index (χ0v) is 19.6. The summed E-state index contributed by atoms with van der Waals surface area (Å²) in [6, 6.07) is 4.52.